The lowest BCUT2D eigenvalue weighted by atomic mass is 9.71. The van der Waals surface area contributed by atoms with Crippen molar-refractivity contribution in [1.82, 2.24) is 4.90 Å². The zero-order chi connectivity index (χ0) is 14.3. The molecular formula is C16H29NS2. The van der Waals surface area contributed by atoms with Gasteiger partial charge in [-0.2, -0.15) is 12.6 Å². The highest BCUT2D eigenvalue weighted by atomic mass is 32.1. The maximum Gasteiger partial charge on any atom is 0.0810 e. The molecule has 0 bridgehead atoms. The summed E-state index contributed by atoms with van der Waals surface area (Å²) in [5, 5.41) is 0. The Balaban J connectivity index is 2.20. The van der Waals surface area contributed by atoms with Gasteiger partial charge in [-0.25, -0.2) is 0 Å². The fraction of sp³-hybridized carbons (Fsp3) is 0.938. The summed E-state index contributed by atoms with van der Waals surface area (Å²) in [5.74, 6) is 1.43. The van der Waals surface area contributed by atoms with E-state index in [1.165, 1.54) is 43.5 Å². The van der Waals surface area contributed by atoms with Crippen molar-refractivity contribution >= 4 is 29.8 Å². The summed E-state index contributed by atoms with van der Waals surface area (Å²) in [5.41, 5.74) is 0.384. The third-order valence-corrected chi connectivity index (χ3v) is 6.00. The smallest absolute Gasteiger partial charge is 0.0810 e. The van der Waals surface area contributed by atoms with E-state index in [2.05, 4.69) is 32.7 Å². The largest absolute Gasteiger partial charge is 0.369 e. The van der Waals surface area contributed by atoms with Crippen molar-refractivity contribution in [2.24, 2.45) is 17.3 Å². The zero-order valence-corrected chi connectivity index (χ0v) is 14.6. The van der Waals surface area contributed by atoms with Gasteiger partial charge in [0.1, 0.15) is 0 Å². The number of thiocarbonyl (C=S) groups is 1. The summed E-state index contributed by atoms with van der Waals surface area (Å²) in [6.45, 7) is 8.31. The van der Waals surface area contributed by atoms with Gasteiger partial charge in [-0.1, -0.05) is 39.4 Å². The molecule has 19 heavy (non-hydrogen) atoms. The summed E-state index contributed by atoms with van der Waals surface area (Å²) >= 11 is 10.6. The number of nitrogens with zero attached hydrogens (tertiary/aromatic N) is 1. The molecule has 2 rings (SSSR count). The molecular weight excluding hydrogens is 270 g/mol. The van der Waals surface area contributed by atoms with Gasteiger partial charge in [0.05, 0.1) is 4.99 Å². The number of hydrogen-bond acceptors (Lipinski definition) is 2. The number of piperidine rings is 1. The molecule has 1 saturated carbocycles. The number of likely N-dealkylation sites (tertiary alicyclic amines) is 1. The van der Waals surface area contributed by atoms with Crippen LogP contribution in [0.2, 0.25) is 0 Å². The molecule has 1 nitrogen and oxygen atoms in total. The first-order valence-corrected chi connectivity index (χ1v) is 8.53. The van der Waals surface area contributed by atoms with Crippen LogP contribution in [0.25, 0.3) is 0 Å². The Kier molecular flexibility index (Phi) is 4.57. The zero-order valence-electron chi connectivity index (χ0n) is 12.9. The molecule has 3 atom stereocenters. The Hall–Kier alpha value is 0.240. The molecule has 2 aliphatic rings. The summed E-state index contributed by atoms with van der Waals surface area (Å²) in [6.07, 6.45) is 7.59. The third-order valence-electron chi connectivity index (χ3n) is 5.00. The first kappa shape index (κ1) is 15.6. The predicted octanol–water partition coefficient (Wildman–Crippen LogP) is 4.56. The highest BCUT2D eigenvalue weighted by Gasteiger charge is 2.39. The van der Waals surface area contributed by atoms with Crippen molar-refractivity contribution in [1.29, 1.82) is 0 Å². The minimum absolute atomic E-state index is 0.185. The van der Waals surface area contributed by atoms with Crippen LogP contribution in [-0.2, 0) is 0 Å². The predicted molar refractivity (Wildman–Crippen MR) is 91.1 cm³/mol. The van der Waals surface area contributed by atoms with Crippen LogP contribution in [-0.4, -0.2) is 28.2 Å². The minimum atomic E-state index is 0.185. The van der Waals surface area contributed by atoms with Crippen molar-refractivity contribution in [2.45, 2.75) is 64.0 Å². The van der Waals surface area contributed by atoms with Gasteiger partial charge in [-0.05, 0) is 43.4 Å². The first-order valence-electron chi connectivity index (χ1n) is 7.68. The van der Waals surface area contributed by atoms with Gasteiger partial charge >= 0.3 is 0 Å². The maximum absolute atomic E-state index is 5.71. The van der Waals surface area contributed by atoms with E-state index in [4.69, 9.17) is 24.8 Å². The van der Waals surface area contributed by atoms with Crippen LogP contribution in [0, 0.1) is 17.3 Å². The highest BCUT2D eigenvalue weighted by molar-refractivity contribution is 7.81. The van der Waals surface area contributed by atoms with Crippen LogP contribution < -0.4 is 0 Å². The van der Waals surface area contributed by atoms with E-state index in [0.717, 1.165) is 12.5 Å². The van der Waals surface area contributed by atoms with Gasteiger partial charge < -0.3 is 4.90 Å². The Morgan fingerprint density at radius 1 is 1.26 bits per heavy atom. The molecule has 2 fully saturated rings. The SMILES string of the molecule is CN1CCC2CC(C)(C)CC(C)(S)CCC[C@@H]2C1=S. The second kappa shape index (κ2) is 5.55. The van der Waals surface area contributed by atoms with Gasteiger partial charge in [-0.15, -0.1) is 0 Å². The van der Waals surface area contributed by atoms with Crippen LogP contribution in [0.1, 0.15) is 59.3 Å². The number of hydrogen-bond donors (Lipinski definition) is 1. The van der Waals surface area contributed by atoms with Crippen LogP contribution in [0.15, 0.2) is 0 Å². The van der Waals surface area contributed by atoms with Gasteiger partial charge in [0.15, 0.2) is 0 Å². The molecule has 1 saturated heterocycles. The fourth-order valence-electron chi connectivity index (χ4n) is 4.36. The molecule has 0 radical (unpaired) electrons. The Morgan fingerprint density at radius 2 is 1.95 bits per heavy atom. The van der Waals surface area contributed by atoms with E-state index in [1.54, 1.807) is 0 Å². The Morgan fingerprint density at radius 3 is 2.63 bits per heavy atom. The van der Waals surface area contributed by atoms with Crippen molar-refractivity contribution in [3.05, 3.63) is 0 Å². The molecule has 1 aliphatic carbocycles. The molecule has 0 aromatic heterocycles. The lowest BCUT2D eigenvalue weighted by Crippen LogP contribution is -2.43. The molecule has 3 heteroatoms. The van der Waals surface area contributed by atoms with Crippen LogP contribution in [0.5, 0.6) is 0 Å². The van der Waals surface area contributed by atoms with E-state index in [9.17, 15) is 0 Å². The summed E-state index contributed by atoms with van der Waals surface area (Å²) < 4.78 is 0.185. The van der Waals surface area contributed by atoms with Gasteiger partial charge in [0.2, 0.25) is 0 Å². The van der Waals surface area contributed by atoms with Gasteiger partial charge in [-0.3, -0.25) is 0 Å². The minimum Gasteiger partial charge on any atom is -0.369 e. The molecule has 2 unspecified atom stereocenters. The van der Waals surface area contributed by atoms with Crippen LogP contribution in [0.4, 0.5) is 0 Å². The standard InChI is InChI=1S/C16H29NS2/c1-15(2)10-12-7-9-17(4)14(18)13(12)6-5-8-16(3,19)11-15/h12-13,19H,5-11H2,1-4H3/t12?,13-,16?/m0/s1. The fourth-order valence-corrected chi connectivity index (χ4v) is 5.35. The Labute approximate surface area is 129 Å². The van der Waals surface area contributed by atoms with Crippen molar-refractivity contribution in [2.75, 3.05) is 13.6 Å². The average molecular weight is 300 g/mol. The van der Waals surface area contributed by atoms with E-state index in [1.807, 2.05) is 0 Å². The van der Waals surface area contributed by atoms with Crippen molar-refractivity contribution in [3.8, 4) is 0 Å². The molecule has 1 heterocycles. The molecule has 0 N–H and O–H groups in total. The summed E-state index contributed by atoms with van der Waals surface area (Å²) in [6, 6.07) is 0. The van der Waals surface area contributed by atoms with Gasteiger partial charge in [0, 0.05) is 24.3 Å². The molecule has 0 aromatic carbocycles. The average Bonchev–Trinajstić information content (AvgIpc) is 2.29. The lowest BCUT2D eigenvalue weighted by Gasteiger charge is -2.42. The number of thiol groups is 1. The lowest BCUT2D eigenvalue weighted by molar-refractivity contribution is 0.177. The highest BCUT2D eigenvalue weighted by Crippen LogP contribution is 2.46. The van der Waals surface area contributed by atoms with Crippen LogP contribution >= 0.6 is 24.8 Å². The van der Waals surface area contributed by atoms with Crippen molar-refractivity contribution < 1.29 is 0 Å². The summed E-state index contributed by atoms with van der Waals surface area (Å²) in [7, 11) is 2.17. The van der Waals surface area contributed by atoms with E-state index in [0.29, 0.717) is 11.3 Å². The van der Waals surface area contributed by atoms with E-state index < -0.39 is 0 Å². The number of fused-ring (bicyclic) bond motifs is 1. The van der Waals surface area contributed by atoms with Crippen LogP contribution in [0.3, 0.4) is 0 Å². The third kappa shape index (κ3) is 3.87. The monoisotopic (exact) mass is 299 g/mol. The maximum atomic E-state index is 5.71. The normalized spacial score (nSPS) is 40.1. The first-order chi connectivity index (χ1) is 8.70. The molecule has 0 spiro atoms. The Bertz CT molecular complexity index is 349. The van der Waals surface area contributed by atoms with Gasteiger partial charge in [0.25, 0.3) is 0 Å². The van der Waals surface area contributed by atoms with E-state index >= 15 is 0 Å². The number of rotatable bonds is 0. The van der Waals surface area contributed by atoms with Crippen molar-refractivity contribution in [3.63, 3.8) is 0 Å². The molecule has 0 amide bonds. The molecule has 1 aliphatic heterocycles. The van der Waals surface area contributed by atoms with E-state index in [-0.39, 0.29) is 4.75 Å². The quantitative estimate of drug-likeness (QED) is 0.516. The second-order valence-corrected chi connectivity index (χ2v) is 9.35. The molecule has 0 aromatic rings. The second-order valence-electron chi connectivity index (χ2n) is 7.85. The molecule has 110 valence electrons. The summed E-state index contributed by atoms with van der Waals surface area (Å²) in [4.78, 5) is 3.52. The topological polar surface area (TPSA) is 3.24 Å².